The van der Waals surface area contributed by atoms with Crippen LogP contribution in [0.25, 0.3) is 0 Å². The predicted octanol–water partition coefficient (Wildman–Crippen LogP) is 0.0453. The Kier molecular flexibility index (Phi) is 3.68. The smallest absolute Gasteiger partial charge is 0.326 e. The third-order valence-corrected chi connectivity index (χ3v) is 2.82. The first-order valence-electron chi connectivity index (χ1n) is 5.22. The van der Waals surface area contributed by atoms with Crippen LogP contribution >= 0.6 is 0 Å². The average molecular weight is 214 g/mol. The summed E-state index contributed by atoms with van der Waals surface area (Å²) in [7, 11) is 0. The normalized spacial score (nSPS) is 28.6. The van der Waals surface area contributed by atoms with Crippen LogP contribution in [-0.2, 0) is 9.59 Å². The Morgan fingerprint density at radius 1 is 1.53 bits per heavy atom. The third kappa shape index (κ3) is 2.68. The van der Waals surface area contributed by atoms with Crippen molar-refractivity contribution < 1.29 is 14.7 Å². The van der Waals surface area contributed by atoms with Gasteiger partial charge in [0, 0.05) is 6.54 Å². The molecule has 15 heavy (non-hydrogen) atoms. The molecule has 0 aromatic heterocycles. The summed E-state index contributed by atoms with van der Waals surface area (Å²) in [6, 6.07) is -1.33. The number of carbonyl (C=O) groups is 2. The van der Waals surface area contributed by atoms with Crippen molar-refractivity contribution in [2.45, 2.75) is 38.8 Å². The molecule has 0 spiro atoms. The van der Waals surface area contributed by atoms with E-state index in [-0.39, 0.29) is 5.91 Å². The van der Waals surface area contributed by atoms with Gasteiger partial charge in [-0.1, -0.05) is 6.92 Å². The molecule has 0 radical (unpaired) electrons. The Morgan fingerprint density at radius 2 is 2.13 bits per heavy atom. The maximum Gasteiger partial charge on any atom is 0.326 e. The summed E-state index contributed by atoms with van der Waals surface area (Å²) in [5.74, 6) is -0.854. The summed E-state index contributed by atoms with van der Waals surface area (Å²) in [5.41, 5.74) is 5.48. The van der Waals surface area contributed by atoms with Gasteiger partial charge in [-0.3, -0.25) is 4.79 Å². The molecule has 1 amide bonds. The lowest BCUT2D eigenvalue weighted by molar-refractivity contribution is -0.153. The zero-order valence-electron chi connectivity index (χ0n) is 9.14. The topological polar surface area (TPSA) is 83.6 Å². The number of carboxylic acid groups (broad SMARTS) is 1. The summed E-state index contributed by atoms with van der Waals surface area (Å²) in [6.45, 7) is 4.08. The van der Waals surface area contributed by atoms with Crippen molar-refractivity contribution >= 4 is 11.9 Å². The molecule has 3 unspecified atom stereocenters. The second kappa shape index (κ2) is 4.61. The van der Waals surface area contributed by atoms with E-state index < -0.39 is 18.1 Å². The van der Waals surface area contributed by atoms with Gasteiger partial charge in [-0.25, -0.2) is 4.79 Å². The lowest BCUT2D eigenvalue weighted by Crippen LogP contribution is -2.54. The first-order valence-corrected chi connectivity index (χ1v) is 5.22. The van der Waals surface area contributed by atoms with Crippen LogP contribution in [-0.4, -0.2) is 40.5 Å². The van der Waals surface area contributed by atoms with E-state index in [0.29, 0.717) is 18.9 Å². The predicted molar refractivity (Wildman–Crippen MR) is 55.2 cm³/mol. The van der Waals surface area contributed by atoms with Crippen LogP contribution in [0.3, 0.4) is 0 Å². The Labute approximate surface area is 89.2 Å². The number of nitrogens with zero attached hydrogens (tertiary/aromatic N) is 1. The molecule has 0 aromatic carbocycles. The highest BCUT2D eigenvalue weighted by molar-refractivity contribution is 5.86. The number of piperidine rings is 1. The van der Waals surface area contributed by atoms with Crippen LogP contribution in [0.2, 0.25) is 0 Å². The number of amides is 1. The number of carboxylic acids is 1. The highest BCUT2D eigenvalue weighted by Crippen LogP contribution is 2.23. The summed E-state index contributed by atoms with van der Waals surface area (Å²) < 4.78 is 0. The van der Waals surface area contributed by atoms with Gasteiger partial charge in [0.15, 0.2) is 0 Å². The largest absolute Gasteiger partial charge is 0.480 e. The fourth-order valence-electron chi connectivity index (χ4n) is 1.90. The van der Waals surface area contributed by atoms with Crippen molar-refractivity contribution in [1.82, 2.24) is 4.90 Å². The highest BCUT2D eigenvalue weighted by Gasteiger charge is 2.35. The van der Waals surface area contributed by atoms with Gasteiger partial charge < -0.3 is 15.7 Å². The van der Waals surface area contributed by atoms with Crippen molar-refractivity contribution in [2.24, 2.45) is 11.7 Å². The number of hydrogen-bond acceptors (Lipinski definition) is 3. The zero-order valence-corrected chi connectivity index (χ0v) is 9.14. The van der Waals surface area contributed by atoms with E-state index >= 15 is 0 Å². The molecule has 0 aliphatic carbocycles. The molecule has 1 rings (SSSR count). The van der Waals surface area contributed by atoms with Crippen LogP contribution in [0.1, 0.15) is 26.7 Å². The number of rotatable bonds is 2. The van der Waals surface area contributed by atoms with Gasteiger partial charge in [0.25, 0.3) is 0 Å². The van der Waals surface area contributed by atoms with Crippen LogP contribution in [0.15, 0.2) is 0 Å². The SMILES string of the molecule is CC1CCN(C(=O)C(C)N)C(C(=O)O)C1. The van der Waals surface area contributed by atoms with Crippen molar-refractivity contribution in [2.75, 3.05) is 6.54 Å². The lowest BCUT2D eigenvalue weighted by atomic mass is 9.92. The Morgan fingerprint density at radius 3 is 2.60 bits per heavy atom. The minimum absolute atomic E-state index is 0.269. The van der Waals surface area contributed by atoms with E-state index in [1.807, 2.05) is 6.92 Å². The molecule has 86 valence electrons. The van der Waals surface area contributed by atoms with Gasteiger partial charge in [0.2, 0.25) is 5.91 Å². The standard InChI is InChI=1S/C10H18N2O3/c1-6-3-4-12(9(13)7(2)11)8(5-6)10(14)15/h6-8H,3-5,11H2,1-2H3,(H,14,15). The molecule has 1 aliphatic rings. The van der Waals surface area contributed by atoms with Crippen LogP contribution < -0.4 is 5.73 Å². The number of nitrogens with two attached hydrogens (primary N) is 1. The Balaban J connectivity index is 2.77. The van der Waals surface area contributed by atoms with Gasteiger partial charge in [-0.15, -0.1) is 0 Å². The summed E-state index contributed by atoms with van der Waals surface area (Å²) in [6.07, 6.45) is 1.37. The third-order valence-electron chi connectivity index (χ3n) is 2.82. The molecular formula is C10H18N2O3. The molecule has 1 aliphatic heterocycles. The van der Waals surface area contributed by atoms with E-state index in [2.05, 4.69) is 0 Å². The molecular weight excluding hydrogens is 196 g/mol. The van der Waals surface area contributed by atoms with E-state index in [4.69, 9.17) is 10.8 Å². The summed E-state index contributed by atoms with van der Waals surface area (Å²) in [5, 5.41) is 9.02. The quantitative estimate of drug-likeness (QED) is 0.680. The average Bonchev–Trinajstić information content (AvgIpc) is 2.16. The van der Waals surface area contributed by atoms with Crippen LogP contribution in [0.4, 0.5) is 0 Å². The first-order chi connectivity index (χ1) is 6.93. The van der Waals surface area contributed by atoms with Crippen LogP contribution in [0.5, 0.6) is 0 Å². The maximum absolute atomic E-state index is 11.7. The number of hydrogen-bond donors (Lipinski definition) is 2. The van der Waals surface area contributed by atoms with Gasteiger partial charge >= 0.3 is 5.97 Å². The van der Waals surface area contributed by atoms with Crippen molar-refractivity contribution in [3.63, 3.8) is 0 Å². The molecule has 0 bridgehead atoms. The molecule has 5 nitrogen and oxygen atoms in total. The molecule has 1 heterocycles. The second-order valence-corrected chi connectivity index (χ2v) is 4.30. The summed E-state index contributed by atoms with van der Waals surface area (Å²) >= 11 is 0. The van der Waals surface area contributed by atoms with Crippen molar-refractivity contribution in [3.05, 3.63) is 0 Å². The van der Waals surface area contributed by atoms with Gasteiger partial charge in [-0.05, 0) is 25.7 Å². The minimum Gasteiger partial charge on any atom is -0.480 e. The van der Waals surface area contributed by atoms with Gasteiger partial charge in [0.05, 0.1) is 6.04 Å². The van der Waals surface area contributed by atoms with E-state index in [0.717, 1.165) is 6.42 Å². The van der Waals surface area contributed by atoms with Gasteiger partial charge in [-0.2, -0.15) is 0 Å². The van der Waals surface area contributed by atoms with Crippen molar-refractivity contribution in [1.29, 1.82) is 0 Å². The highest BCUT2D eigenvalue weighted by atomic mass is 16.4. The Hall–Kier alpha value is -1.10. The molecule has 0 saturated carbocycles. The minimum atomic E-state index is -0.935. The molecule has 0 aromatic rings. The van der Waals surface area contributed by atoms with Crippen LogP contribution in [0, 0.1) is 5.92 Å². The maximum atomic E-state index is 11.7. The summed E-state index contributed by atoms with van der Waals surface area (Å²) in [4.78, 5) is 24.1. The fraction of sp³-hybridized carbons (Fsp3) is 0.800. The van der Waals surface area contributed by atoms with Gasteiger partial charge in [0.1, 0.15) is 6.04 Å². The van der Waals surface area contributed by atoms with E-state index in [9.17, 15) is 9.59 Å². The molecule has 3 N–H and O–H groups in total. The first kappa shape index (κ1) is 12.0. The van der Waals surface area contributed by atoms with E-state index in [1.54, 1.807) is 6.92 Å². The van der Waals surface area contributed by atoms with Crippen molar-refractivity contribution in [3.8, 4) is 0 Å². The monoisotopic (exact) mass is 214 g/mol. The fourth-order valence-corrected chi connectivity index (χ4v) is 1.90. The molecule has 5 heteroatoms. The molecule has 1 saturated heterocycles. The van der Waals surface area contributed by atoms with E-state index in [1.165, 1.54) is 4.90 Å². The number of aliphatic carboxylic acids is 1. The Bertz CT molecular complexity index is 265. The number of carbonyl (C=O) groups excluding carboxylic acids is 1. The molecule has 3 atom stereocenters. The zero-order chi connectivity index (χ0) is 11.6. The number of likely N-dealkylation sites (tertiary alicyclic amines) is 1. The lowest BCUT2D eigenvalue weighted by Gasteiger charge is -2.36. The molecule has 1 fully saturated rings. The second-order valence-electron chi connectivity index (χ2n) is 4.30.